The number of aldehydes is 1. The quantitative estimate of drug-likeness (QED) is 0.262. The van der Waals surface area contributed by atoms with Gasteiger partial charge in [0.2, 0.25) is 0 Å². The lowest BCUT2D eigenvalue weighted by Crippen LogP contribution is -1.92. The van der Waals surface area contributed by atoms with E-state index in [0.29, 0.717) is 11.9 Å². The van der Waals surface area contributed by atoms with Crippen LogP contribution in [0.25, 0.3) is 0 Å². The molecule has 0 saturated carbocycles. The second-order valence-electron chi connectivity index (χ2n) is 1.91. The first kappa shape index (κ1) is 9.62. The lowest BCUT2D eigenvalue weighted by Gasteiger charge is -1.86. The first-order chi connectivity index (χ1) is 5.20. The normalized spacial score (nSPS) is 11.6. The first-order valence-electron chi connectivity index (χ1n) is 3.08. The maximum atomic E-state index is 10.5. The van der Waals surface area contributed by atoms with E-state index in [-0.39, 0.29) is 0 Å². The summed E-state index contributed by atoms with van der Waals surface area (Å²) < 4.78 is 4.32. The van der Waals surface area contributed by atoms with Crippen molar-refractivity contribution in [1.82, 2.24) is 0 Å². The Balaban J connectivity index is 3.95. The number of rotatable bonds is 3. The summed E-state index contributed by atoms with van der Waals surface area (Å²) in [5.74, 6) is -0.431. The van der Waals surface area contributed by atoms with Crippen molar-refractivity contribution in [2.24, 2.45) is 0 Å². The molecular weight excluding hydrogens is 144 g/mol. The second kappa shape index (κ2) is 5.41. The van der Waals surface area contributed by atoms with Crippen LogP contribution >= 0.6 is 0 Å². The van der Waals surface area contributed by atoms with Crippen LogP contribution in [0.5, 0.6) is 0 Å². The van der Waals surface area contributed by atoms with E-state index in [0.717, 1.165) is 0 Å². The Labute approximate surface area is 65.4 Å². The molecule has 11 heavy (non-hydrogen) atoms. The molecule has 0 rings (SSSR count). The predicted molar refractivity (Wildman–Crippen MR) is 41.0 cm³/mol. The zero-order chi connectivity index (χ0) is 8.69. The third-order valence-corrected chi connectivity index (χ3v) is 0.979. The zero-order valence-corrected chi connectivity index (χ0v) is 6.53. The van der Waals surface area contributed by atoms with E-state index in [4.69, 9.17) is 0 Å². The summed E-state index contributed by atoms with van der Waals surface area (Å²) in [5.41, 5.74) is 0.560. The van der Waals surface area contributed by atoms with E-state index in [1.54, 1.807) is 6.92 Å². The molecule has 0 heterocycles. The number of carbonyl (C=O) groups excluding carboxylic acids is 2. The Morgan fingerprint density at radius 1 is 1.45 bits per heavy atom. The summed E-state index contributed by atoms with van der Waals surface area (Å²) in [6, 6.07) is 0. The fraction of sp³-hybridized carbons (Fsp3) is 0.250. The average molecular weight is 154 g/mol. The highest BCUT2D eigenvalue weighted by Crippen LogP contribution is 1.87. The average Bonchev–Trinajstić information content (AvgIpc) is 2.04. The van der Waals surface area contributed by atoms with Gasteiger partial charge in [-0.2, -0.15) is 0 Å². The van der Waals surface area contributed by atoms with Crippen molar-refractivity contribution in [2.75, 3.05) is 7.11 Å². The van der Waals surface area contributed by atoms with Crippen molar-refractivity contribution in [1.29, 1.82) is 0 Å². The van der Waals surface area contributed by atoms with Crippen LogP contribution in [0.15, 0.2) is 23.8 Å². The maximum absolute atomic E-state index is 10.5. The van der Waals surface area contributed by atoms with Crippen LogP contribution in [-0.2, 0) is 14.3 Å². The summed E-state index contributed by atoms with van der Waals surface area (Å²) in [7, 11) is 1.29. The molecule has 0 aliphatic heterocycles. The molecular formula is C8H10O3. The molecule has 0 N–H and O–H groups in total. The topological polar surface area (TPSA) is 43.4 Å². The van der Waals surface area contributed by atoms with E-state index in [1.807, 2.05) is 0 Å². The molecule has 3 nitrogen and oxygen atoms in total. The standard InChI is InChI=1S/C8H10O3/c1-7(6-9)4-3-5-8(10)11-2/h3-6H,1-2H3. The van der Waals surface area contributed by atoms with Crippen LogP contribution < -0.4 is 0 Å². The number of hydrogen-bond donors (Lipinski definition) is 0. The van der Waals surface area contributed by atoms with Crippen LogP contribution in [0.3, 0.4) is 0 Å². The number of hydrogen-bond acceptors (Lipinski definition) is 3. The number of allylic oxidation sites excluding steroid dienone is 3. The Hall–Kier alpha value is -1.38. The van der Waals surface area contributed by atoms with Gasteiger partial charge in [0.05, 0.1) is 7.11 Å². The molecule has 0 aromatic rings. The second-order valence-corrected chi connectivity index (χ2v) is 1.91. The Morgan fingerprint density at radius 2 is 2.09 bits per heavy atom. The molecule has 0 atom stereocenters. The third kappa shape index (κ3) is 5.08. The molecule has 0 spiro atoms. The minimum atomic E-state index is -0.431. The number of carbonyl (C=O) groups is 2. The van der Waals surface area contributed by atoms with Crippen molar-refractivity contribution in [3.63, 3.8) is 0 Å². The molecule has 0 radical (unpaired) electrons. The fourth-order valence-corrected chi connectivity index (χ4v) is 0.386. The highest BCUT2D eigenvalue weighted by molar-refractivity contribution is 5.82. The lowest BCUT2D eigenvalue weighted by molar-refractivity contribution is -0.134. The number of methoxy groups -OCH3 is 1. The van der Waals surface area contributed by atoms with Crippen LogP contribution in [0, 0.1) is 0 Å². The van der Waals surface area contributed by atoms with Gasteiger partial charge in [0, 0.05) is 6.08 Å². The van der Waals surface area contributed by atoms with Gasteiger partial charge < -0.3 is 4.74 Å². The summed E-state index contributed by atoms with van der Waals surface area (Å²) in [6.45, 7) is 1.65. The predicted octanol–water partition coefficient (Wildman–Crippen LogP) is 0.861. The van der Waals surface area contributed by atoms with Crippen molar-refractivity contribution in [3.8, 4) is 0 Å². The van der Waals surface area contributed by atoms with Gasteiger partial charge in [-0.25, -0.2) is 4.79 Å². The van der Waals surface area contributed by atoms with Crippen molar-refractivity contribution in [2.45, 2.75) is 6.92 Å². The molecule has 0 fully saturated rings. The summed E-state index contributed by atoms with van der Waals surface area (Å²) >= 11 is 0. The number of ether oxygens (including phenoxy) is 1. The van der Waals surface area contributed by atoms with Crippen LogP contribution in [0.1, 0.15) is 6.92 Å². The Morgan fingerprint density at radius 3 is 2.55 bits per heavy atom. The molecule has 0 aliphatic carbocycles. The Bertz CT molecular complexity index is 201. The SMILES string of the molecule is COC(=O)C=CC=C(C)C=O. The molecule has 0 aromatic carbocycles. The van der Waals surface area contributed by atoms with Gasteiger partial charge in [-0.05, 0) is 12.5 Å². The fourth-order valence-electron chi connectivity index (χ4n) is 0.386. The highest BCUT2D eigenvalue weighted by atomic mass is 16.5. The molecule has 3 heteroatoms. The molecule has 0 aromatic heterocycles. The van der Waals surface area contributed by atoms with Crippen molar-refractivity contribution < 1.29 is 14.3 Å². The third-order valence-electron chi connectivity index (χ3n) is 0.979. The van der Waals surface area contributed by atoms with E-state index in [1.165, 1.54) is 25.3 Å². The van der Waals surface area contributed by atoms with Crippen molar-refractivity contribution >= 4 is 12.3 Å². The van der Waals surface area contributed by atoms with Gasteiger partial charge in [-0.3, -0.25) is 4.79 Å². The molecule has 0 saturated heterocycles. The molecule has 0 amide bonds. The van der Waals surface area contributed by atoms with E-state index >= 15 is 0 Å². The van der Waals surface area contributed by atoms with Gasteiger partial charge in [-0.15, -0.1) is 0 Å². The summed E-state index contributed by atoms with van der Waals surface area (Å²) in [6.07, 6.45) is 4.95. The van der Waals surface area contributed by atoms with Gasteiger partial charge in [0.15, 0.2) is 0 Å². The molecule has 60 valence electrons. The largest absolute Gasteiger partial charge is 0.466 e. The van der Waals surface area contributed by atoms with Gasteiger partial charge in [0.25, 0.3) is 0 Å². The minimum absolute atomic E-state index is 0.431. The first-order valence-corrected chi connectivity index (χ1v) is 3.08. The monoisotopic (exact) mass is 154 g/mol. The summed E-state index contributed by atoms with van der Waals surface area (Å²) in [4.78, 5) is 20.5. The van der Waals surface area contributed by atoms with Crippen LogP contribution in [-0.4, -0.2) is 19.4 Å². The minimum Gasteiger partial charge on any atom is -0.466 e. The van der Waals surface area contributed by atoms with Crippen LogP contribution in [0.4, 0.5) is 0 Å². The van der Waals surface area contributed by atoms with Gasteiger partial charge >= 0.3 is 5.97 Å². The van der Waals surface area contributed by atoms with E-state index in [9.17, 15) is 9.59 Å². The van der Waals surface area contributed by atoms with Gasteiger partial charge in [-0.1, -0.05) is 12.2 Å². The number of esters is 1. The molecule has 0 unspecified atom stereocenters. The summed E-state index contributed by atoms with van der Waals surface area (Å²) in [5, 5.41) is 0. The Kier molecular flexibility index (Phi) is 4.73. The smallest absolute Gasteiger partial charge is 0.330 e. The highest BCUT2D eigenvalue weighted by Gasteiger charge is 1.87. The van der Waals surface area contributed by atoms with Crippen LogP contribution in [0.2, 0.25) is 0 Å². The lowest BCUT2D eigenvalue weighted by atomic mass is 10.3. The molecule has 0 bridgehead atoms. The van der Waals surface area contributed by atoms with E-state index in [2.05, 4.69) is 4.74 Å². The molecule has 0 aliphatic rings. The van der Waals surface area contributed by atoms with Crippen molar-refractivity contribution in [3.05, 3.63) is 23.8 Å². The maximum Gasteiger partial charge on any atom is 0.330 e. The van der Waals surface area contributed by atoms with E-state index < -0.39 is 5.97 Å². The van der Waals surface area contributed by atoms with Gasteiger partial charge in [0.1, 0.15) is 6.29 Å². The zero-order valence-electron chi connectivity index (χ0n) is 6.53.